The summed E-state index contributed by atoms with van der Waals surface area (Å²) in [5.41, 5.74) is 7.85. The Morgan fingerprint density at radius 1 is 1.05 bits per heavy atom. The summed E-state index contributed by atoms with van der Waals surface area (Å²) in [6.45, 7) is 4.04. The van der Waals surface area contributed by atoms with E-state index in [1.165, 1.54) is 27.8 Å². The van der Waals surface area contributed by atoms with Crippen LogP contribution < -0.4 is 0 Å². The molecule has 0 N–H and O–H groups in total. The van der Waals surface area contributed by atoms with Crippen molar-refractivity contribution in [1.82, 2.24) is 0 Å². The van der Waals surface area contributed by atoms with Crippen LogP contribution in [-0.2, 0) is 6.42 Å². The van der Waals surface area contributed by atoms with Crippen LogP contribution in [0.2, 0.25) is 0 Å². The van der Waals surface area contributed by atoms with Crippen molar-refractivity contribution in [2.45, 2.75) is 20.3 Å². The molecule has 0 bridgehead atoms. The van der Waals surface area contributed by atoms with Gasteiger partial charge in [-0.05, 0) is 54.2 Å². The summed E-state index contributed by atoms with van der Waals surface area (Å²) in [7, 11) is 0. The summed E-state index contributed by atoms with van der Waals surface area (Å²) in [6, 6.07) is 15.3. The fourth-order valence-corrected chi connectivity index (χ4v) is 2.61. The Balaban J connectivity index is 2.07. The molecule has 0 fully saturated rings. The first-order valence-electron chi connectivity index (χ1n) is 6.66. The molecule has 3 rings (SSSR count). The summed E-state index contributed by atoms with van der Waals surface area (Å²) in [5.74, 6) is 0. The molecule has 1 nitrogen and oxygen atoms in total. The molecule has 0 spiro atoms. The Kier molecular flexibility index (Phi) is 3.04. The minimum atomic E-state index is 1.05. The van der Waals surface area contributed by atoms with Crippen molar-refractivity contribution < 1.29 is 0 Å². The summed E-state index contributed by atoms with van der Waals surface area (Å²) in [4.78, 5) is 4.43. The van der Waals surface area contributed by atoms with Gasteiger partial charge in [-0.15, -0.1) is 0 Å². The fraction of sp³-hybridized carbons (Fsp3) is 0.167. The van der Waals surface area contributed by atoms with Crippen LogP contribution in [0.4, 0.5) is 0 Å². The lowest BCUT2D eigenvalue weighted by Crippen LogP contribution is -1.94. The topological polar surface area (TPSA) is 12.4 Å². The number of hydrogen-bond acceptors (Lipinski definition) is 1. The van der Waals surface area contributed by atoms with Crippen LogP contribution in [-0.4, -0.2) is 5.71 Å². The lowest BCUT2D eigenvalue weighted by atomic mass is 10.0. The summed E-state index contributed by atoms with van der Waals surface area (Å²) in [5, 5.41) is 0. The quantitative estimate of drug-likeness (QED) is 0.587. The van der Waals surface area contributed by atoms with Crippen molar-refractivity contribution in [3.8, 4) is 11.1 Å². The van der Waals surface area contributed by atoms with Crippen molar-refractivity contribution in [2.75, 3.05) is 0 Å². The Morgan fingerprint density at radius 3 is 2.68 bits per heavy atom. The highest BCUT2D eigenvalue weighted by Crippen LogP contribution is 2.36. The van der Waals surface area contributed by atoms with Crippen LogP contribution in [0.1, 0.15) is 30.5 Å². The van der Waals surface area contributed by atoms with Gasteiger partial charge >= 0.3 is 0 Å². The molecule has 1 aliphatic carbocycles. The monoisotopic (exact) mass is 247 g/mol. The molecule has 0 amide bonds. The first-order chi connectivity index (χ1) is 9.29. The number of nitrogens with zero attached hydrogens (tertiary/aromatic N) is 1. The van der Waals surface area contributed by atoms with Crippen molar-refractivity contribution >= 4 is 5.71 Å². The summed E-state index contributed by atoms with van der Waals surface area (Å²) < 4.78 is 0. The highest BCUT2D eigenvalue weighted by molar-refractivity contribution is 6.00. The van der Waals surface area contributed by atoms with E-state index < -0.39 is 0 Å². The Morgan fingerprint density at radius 2 is 1.84 bits per heavy atom. The maximum atomic E-state index is 4.43. The molecule has 0 saturated carbocycles. The Bertz CT molecular complexity index is 678. The predicted molar refractivity (Wildman–Crippen MR) is 81.7 cm³/mol. The molecular formula is C18H17N. The molecule has 0 atom stereocenters. The van der Waals surface area contributed by atoms with E-state index in [4.69, 9.17) is 0 Å². The summed E-state index contributed by atoms with van der Waals surface area (Å²) in [6.07, 6.45) is 4.85. The number of benzene rings is 2. The lowest BCUT2D eigenvalue weighted by Gasteiger charge is -2.05. The van der Waals surface area contributed by atoms with E-state index in [9.17, 15) is 0 Å². The van der Waals surface area contributed by atoms with Crippen molar-refractivity contribution in [2.24, 2.45) is 4.99 Å². The predicted octanol–water partition coefficient (Wildman–Crippen LogP) is 4.60. The zero-order valence-electron chi connectivity index (χ0n) is 11.4. The van der Waals surface area contributed by atoms with E-state index in [-0.39, 0.29) is 0 Å². The second-order valence-electron chi connectivity index (χ2n) is 4.90. The van der Waals surface area contributed by atoms with Gasteiger partial charge in [-0.2, -0.15) is 0 Å². The van der Waals surface area contributed by atoms with Gasteiger partial charge in [-0.25, -0.2) is 0 Å². The number of aliphatic imine (C=N–C) groups is 1. The third-order valence-electron chi connectivity index (χ3n) is 3.63. The number of fused-ring (bicyclic) bond motifs is 3. The van der Waals surface area contributed by atoms with Gasteiger partial charge in [0, 0.05) is 11.9 Å². The summed E-state index contributed by atoms with van der Waals surface area (Å²) >= 11 is 0. The van der Waals surface area contributed by atoms with E-state index in [1.54, 1.807) is 0 Å². The van der Waals surface area contributed by atoms with Gasteiger partial charge < -0.3 is 0 Å². The molecule has 1 heteroatoms. The third kappa shape index (κ3) is 2.12. The standard InChI is InChI=1S/C18H17N/c1-3-10-19-13(2)14-8-9-16-11-15-6-4-5-7-17(15)18(16)12-14/h3-10,12H,11H2,1-2H3/b10-3-,19-13?. The Labute approximate surface area is 114 Å². The largest absolute Gasteiger partial charge is 0.261 e. The van der Waals surface area contributed by atoms with Gasteiger partial charge in [0.25, 0.3) is 0 Å². The minimum Gasteiger partial charge on any atom is -0.261 e. The van der Waals surface area contributed by atoms with Gasteiger partial charge in [0.05, 0.1) is 0 Å². The van der Waals surface area contributed by atoms with Crippen LogP contribution in [0.5, 0.6) is 0 Å². The zero-order valence-corrected chi connectivity index (χ0v) is 11.4. The molecule has 94 valence electrons. The van der Waals surface area contributed by atoms with Crippen molar-refractivity contribution in [3.63, 3.8) is 0 Å². The minimum absolute atomic E-state index is 1.05. The highest BCUT2D eigenvalue weighted by Gasteiger charge is 2.18. The molecule has 0 aliphatic heterocycles. The molecule has 0 saturated heterocycles. The molecule has 0 unspecified atom stereocenters. The van der Waals surface area contributed by atoms with E-state index >= 15 is 0 Å². The smallest absolute Gasteiger partial charge is 0.0444 e. The molecule has 2 aromatic carbocycles. The van der Waals surface area contributed by atoms with Gasteiger partial charge in [0.15, 0.2) is 0 Å². The van der Waals surface area contributed by atoms with Crippen LogP contribution in [0.3, 0.4) is 0 Å². The molecule has 2 aromatic rings. The van der Waals surface area contributed by atoms with Gasteiger partial charge in [-0.3, -0.25) is 4.99 Å². The van der Waals surface area contributed by atoms with Gasteiger partial charge in [0.1, 0.15) is 0 Å². The second-order valence-corrected chi connectivity index (χ2v) is 4.90. The van der Waals surface area contributed by atoms with Crippen LogP contribution in [0.25, 0.3) is 11.1 Å². The molecule has 0 radical (unpaired) electrons. The van der Waals surface area contributed by atoms with E-state index in [1.807, 2.05) is 19.2 Å². The lowest BCUT2D eigenvalue weighted by molar-refractivity contribution is 1.26. The average Bonchev–Trinajstić information content (AvgIpc) is 2.82. The second kappa shape index (κ2) is 4.85. The van der Waals surface area contributed by atoms with Gasteiger partial charge in [-0.1, -0.05) is 42.5 Å². The molecule has 0 heterocycles. The first-order valence-corrected chi connectivity index (χ1v) is 6.66. The van der Waals surface area contributed by atoms with E-state index in [2.05, 4.69) is 54.4 Å². The molecule has 0 aromatic heterocycles. The highest BCUT2D eigenvalue weighted by atomic mass is 14.7. The SMILES string of the molecule is C/C=C\N=C(C)c1ccc2c(c1)-c1ccccc1C2. The van der Waals surface area contributed by atoms with E-state index in [0.29, 0.717) is 0 Å². The Hall–Kier alpha value is -2.15. The molecule has 19 heavy (non-hydrogen) atoms. The zero-order chi connectivity index (χ0) is 13.2. The van der Waals surface area contributed by atoms with Crippen LogP contribution in [0, 0.1) is 0 Å². The first kappa shape index (κ1) is 11.9. The number of allylic oxidation sites excluding steroid dienone is 1. The van der Waals surface area contributed by atoms with Crippen LogP contribution in [0.15, 0.2) is 59.7 Å². The maximum absolute atomic E-state index is 4.43. The van der Waals surface area contributed by atoms with Crippen molar-refractivity contribution in [3.05, 3.63) is 71.4 Å². The van der Waals surface area contributed by atoms with E-state index in [0.717, 1.165) is 12.1 Å². The maximum Gasteiger partial charge on any atom is 0.0444 e. The molecular weight excluding hydrogens is 230 g/mol. The van der Waals surface area contributed by atoms with Crippen molar-refractivity contribution in [1.29, 1.82) is 0 Å². The number of rotatable bonds is 2. The van der Waals surface area contributed by atoms with Crippen LogP contribution >= 0.6 is 0 Å². The fourth-order valence-electron chi connectivity index (χ4n) is 2.61. The third-order valence-corrected chi connectivity index (χ3v) is 3.63. The molecule has 1 aliphatic rings. The van der Waals surface area contributed by atoms with Gasteiger partial charge in [0.2, 0.25) is 0 Å². The number of hydrogen-bond donors (Lipinski definition) is 0. The average molecular weight is 247 g/mol. The normalized spacial score (nSPS) is 13.7.